The van der Waals surface area contributed by atoms with Gasteiger partial charge in [0.1, 0.15) is 29.1 Å². The van der Waals surface area contributed by atoms with Crippen LogP contribution in [0.4, 0.5) is 30.7 Å². The molecule has 2 aliphatic rings. The fraction of sp³-hybridized carbons (Fsp3) is 0.290. The molecule has 2 aliphatic carbocycles. The molecule has 46 heavy (non-hydrogen) atoms. The number of nitrogens with zero attached hydrogens (tertiary/aromatic N) is 4. The van der Waals surface area contributed by atoms with E-state index in [1.165, 1.54) is 25.4 Å². The number of halogens is 8. The number of amides is 1. The summed E-state index contributed by atoms with van der Waals surface area (Å²) in [4.78, 5) is 21.7. The average Bonchev–Trinajstić information content (AvgIpc) is 3.63. The van der Waals surface area contributed by atoms with Gasteiger partial charge in [-0.3, -0.25) is 4.79 Å². The fourth-order valence-corrected chi connectivity index (χ4v) is 6.48. The van der Waals surface area contributed by atoms with Crippen LogP contribution in [0.25, 0.3) is 0 Å². The van der Waals surface area contributed by atoms with E-state index in [-0.39, 0.29) is 27.8 Å². The first kappa shape index (κ1) is 31.5. The highest BCUT2D eigenvalue weighted by molar-refractivity contribution is 9.10. The van der Waals surface area contributed by atoms with Crippen LogP contribution < -0.4 is 10.5 Å². The van der Waals surface area contributed by atoms with E-state index in [0.717, 1.165) is 12.1 Å². The quantitative estimate of drug-likeness (QED) is 0.177. The number of hydrogen-bond acceptors (Lipinski definition) is 5. The summed E-state index contributed by atoms with van der Waals surface area (Å²) in [5.74, 6) is -4.92. The van der Waals surface area contributed by atoms with Crippen molar-refractivity contribution < 1.29 is 40.3 Å². The van der Waals surface area contributed by atoms with E-state index in [1.807, 2.05) is 0 Å². The Morgan fingerprint density at radius 3 is 2.48 bits per heavy atom. The van der Waals surface area contributed by atoms with E-state index >= 15 is 8.78 Å². The Hall–Kier alpha value is -4.45. The molecule has 4 atom stereocenters. The molecule has 1 unspecified atom stereocenters. The van der Waals surface area contributed by atoms with Crippen molar-refractivity contribution in [3.05, 3.63) is 104 Å². The molecule has 7 nitrogen and oxygen atoms in total. The highest BCUT2D eigenvalue weighted by Gasteiger charge is 2.69. The number of benzene rings is 1. The van der Waals surface area contributed by atoms with Gasteiger partial charge in [0.15, 0.2) is 5.69 Å². The predicted octanol–water partition coefficient (Wildman–Crippen LogP) is 6.40. The molecule has 1 fully saturated rings. The molecule has 238 valence electrons. The second-order valence-corrected chi connectivity index (χ2v) is 11.8. The second kappa shape index (κ2) is 11.4. The first-order valence-corrected chi connectivity index (χ1v) is 14.5. The fourth-order valence-electron chi connectivity index (χ4n) is 5.96. The van der Waals surface area contributed by atoms with Crippen LogP contribution in [0.5, 0.6) is 5.88 Å². The van der Waals surface area contributed by atoms with Crippen molar-refractivity contribution in [2.45, 2.75) is 42.8 Å². The number of carbonyl (C=O) groups excluding carboxylic acids is 1. The molecule has 1 amide bonds. The lowest BCUT2D eigenvalue weighted by Crippen LogP contribution is -2.37. The summed E-state index contributed by atoms with van der Waals surface area (Å²) in [5.41, 5.74) is 2.98. The van der Waals surface area contributed by atoms with Crippen molar-refractivity contribution in [1.29, 1.82) is 0 Å². The number of primary amides is 1. The lowest BCUT2D eigenvalue weighted by molar-refractivity contribution is -0.142. The van der Waals surface area contributed by atoms with E-state index in [4.69, 9.17) is 10.5 Å². The summed E-state index contributed by atoms with van der Waals surface area (Å²) in [7, 11) is 1.44. The Kier molecular flexibility index (Phi) is 7.82. The minimum absolute atomic E-state index is 0.0438. The molecule has 15 heteroatoms. The Morgan fingerprint density at radius 2 is 1.87 bits per heavy atom. The summed E-state index contributed by atoms with van der Waals surface area (Å²) in [5, 5.41) is 3.54. The monoisotopic (exact) mass is 707 g/mol. The highest BCUT2D eigenvalue weighted by atomic mass is 79.9. The maximum atomic E-state index is 15.6. The number of aromatic nitrogens is 4. The smallest absolute Gasteiger partial charge is 0.435 e. The summed E-state index contributed by atoms with van der Waals surface area (Å²) in [6, 6.07) is 6.68. The van der Waals surface area contributed by atoms with Gasteiger partial charge in [-0.25, -0.2) is 23.4 Å². The number of hydrogen-bond donors (Lipinski definition) is 1. The molecule has 1 aromatic carbocycles. The number of alkyl halides is 5. The van der Waals surface area contributed by atoms with Crippen LogP contribution in [0.1, 0.15) is 63.8 Å². The predicted molar refractivity (Wildman–Crippen MR) is 152 cm³/mol. The average molecular weight is 708 g/mol. The zero-order chi connectivity index (χ0) is 33.1. The lowest BCUT2D eigenvalue weighted by atomic mass is 9.87. The Morgan fingerprint density at radius 1 is 1.15 bits per heavy atom. The number of methoxy groups -OCH3 is 1. The molecule has 3 heterocycles. The third-order valence-corrected chi connectivity index (χ3v) is 8.65. The van der Waals surface area contributed by atoms with E-state index in [9.17, 15) is 26.7 Å². The van der Waals surface area contributed by atoms with Crippen molar-refractivity contribution in [1.82, 2.24) is 19.7 Å². The molecular weight excluding hydrogens is 687 g/mol. The van der Waals surface area contributed by atoms with E-state index < -0.39 is 76.8 Å². The van der Waals surface area contributed by atoms with Gasteiger partial charge in [-0.2, -0.15) is 27.1 Å². The van der Waals surface area contributed by atoms with Crippen LogP contribution >= 0.6 is 15.9 Å². The molecular formula is C31H21BrF7N5O2. The maximum absolute atomic E-state index is 15.6. The molecule has 0 saturated heterocycles. The minimum Gasteiger partial charge on any atom is -0.481 e. The largest absolute Gasteiger partial charge is 0.481 e. The molecule has 0 bridgehead atoms. The summed E-state index contributed by atoms with van der Waals surface area (Å²) in [6.07, 6.45) is -4.30. The Bertz CT molecular complexity index is 1900. The van der Waals surface area contributed by atoms with Crippen molar-refractivity contribution >= 4 is 21.8 Å². The van der Waals surface area contributed by atoms with Gasteiger partial charge in [0.05, 0.1) is 12.8 Å². The van der Waals surface area contributed by atoms with Crippen molar-refractivity contribution in [3.63, 3.8) is 0 Å². The molecule has 0 spiro atoms. The number of rotatable bonds is 7. The van der Waals surface area contributed by atoms with E-state index in [1.54, 1.807) is 12.1 Å². The third-order valence-electron chi connectivity index (χ3n) is 7.98. The maximum Gasteiger partial charge on any atom is 0.435 e. The number of nitrogens with two attached hydrogens (primary N) is 1. The van der Waals surface area contributed by atoms with Gasteiger partial charge in [-0.1, -0.05) is 5.92 Å². The second-order valence-electron chi connectivity index (χ2n) is 11.0. The van der Waals surface area contributed by atoms with Gasteiger partial charge in [0.25, 0.3) is 5.92 Å². The Labute approximate surface area is 265 Å². The van der Waals surface area contributed by atoms with Crippen LogP contribution in [0.2, 0.25) is 0 Å². The Balaban J connectivity index is 1.52. The molecule has 3 aromatic heterocycles. The first-order valence-electron chi connectivity index (χ1n) is 13.7. The van der Waals surface area contributed by atoms with E-state index in [0.29, 0.717) is 22.2 Å². The zero-order valence-corrected chi connectivity index (χ0v) is 25.1. The van der Waals surface area contributed by atoms with Crippen LogP contribution in [-0.2, 0) is 23.3 Å². The molecule has 0 aliphatic heterocycles. The van der Waals surface area contributed by atoms with Crippen molar-refractivity contribution in [2.75, 3.05) is 7.11 Å². The molecule has 2 N–H and O–H groups in total. The van der Waals surface area contributed by atoms with Crippen molar-refractivity contribution in [3.8, 4) is 17.7 Å². The van der Waals surface area contributed by atoms with Gasteiger partial charge >= 0.3 is 6.18 Å². The normalized spacial score (nSPS) is 19.0. The molecule has 6 rings (SSSR count). The summed E-state index contributed by atoms with van der Waals surface area (Å²) >= 11 is 3.32. The van der Waals surface area contributed by atoms with Gasteiger partial charge in [-0.05, 0) is 76.5 Å². The van der Waals surface area contributed by atoms with Crippen LogP contribution in [-0.4, -0.2) is 32.8 Å². The van der Waals surface area contributed by atoms with Gasteiger partial charge in [0.2, 0.25) is 11.8 Å². The van der Waals surface area contributed by atoms with Crippen molar-refractivity contribution in [2.24, 2.45) is 11.7 Å². The molecule has 1 saturated carbocycles. The number of fused-ring (bicyclic) bond motifs is 3. The van der Waals surface area contributed by atoms with E-state index in [2.05, 4.69) is 42.8 Å². The molecule has 4 aromatic rings. The van der Waals surface area contributed by atoms with Gasteiger partial charge < -0.3 is 10.5 Å². The zero-order valence-electron chi connectivity index (χ0n) is 23.5. The van der Waals surface area contributed by atoms with Crippen LogP contribution in [0.3, 0.4) is 0 Å². The third kappa shape index (κ3) is 5.70. The summed E-state index contributed by atoms with van der Waals surface area (Å²) < 4.78 is 108. The van der Waals surface area contributed by atoms with Crippen LogP contribution in [0.15, 0.2) is 53.1 Å². The minimum atomic E-state index is -5.11. The van der Waals surface area contributed by atoms with Gasteiger partial charge in [-0.15, -0.1) is 0 Å². The first-order chi connectivity index (χ1) is 21.7. The van der Waals surface area contributed by atoms with Crippen LogP contribution in [0, 0.1) is 29.4 Å². The number of pyridine rings is 2. The summed E-state index contributed by atoms with van der Waals surface area (Å²) in [6.45, 7) is 0. The topological polar surface area (TPSA) is 95.9 Å². The standard InChI is InChI=1S/C31H21BrF7N5O2/c1-46-23-7-3-14(13-41-23)2-4-18-5-6-22(32)25(42-18)20(10-15-8-16(33)11-17(34)9-15)26(29(40)45)44-28-24(27(43-44)31(37,38)39)19-12-21(19)30(28,35)36/h3,5-9,11,13,19-21,26H,10,12H2,1H3,(H2,40,45)/t19-,20+,21+,26?/m0/s1. The lowest BCUT2D eigenvalue weighted by Gasteiger charge is -2.28. The number of ether oxygens (including phenoxy) is 1. The SMILES string of the molecule is COc1ccc(C#Cc2ccc(Br)c([C@@H](Cc3cc(F)cc(F)c3)C(C(N)=O)n3nc(C(F)(F)F)c4c3C(F)(F)[C@@H]3C[C@H]43)n2)cn1. The number of carbonyl (C=O) groups is 1. The molecule has 0 radical (unpaired) electrons. The highest BCUT2D eigenvalue weighted by Crippen LogP contribution is 2.69. The van der Waals surface area contributed by atoms with Gasteiger partial charge in [0, 0.05) is 45.8 Å².